The maximum atomic E-state index is 12.2. The number of nitrogens with one attached hydrogen (secondary N) is 1. The number of urea groups is 1. The minimum Gasteiger partial charge on any atom is -0.481 e. The van der Waals surface area contributed by atoms with Crippen molar-refractivity contribution in [3.05, 3.63) is 0 Å². The Bertz CT molecular complexity index is 316. The van der Waals surface area contributed by atoms with Crippen LogP contribution < -0.4 is 5.32 Å². The molecule has 0 spiro atoms. The van der Waals surface area contributed by atoms with Crippen LogP contribution in [0.5, 0.6) is 0 Å². The number of ether oxygens (including phenoxy) is 1. The molecule has 0 saturated carbocycles. The molecule has 0 bridgehead atoms. The first kappa shape index (κ1) is 18.7. The number of aliphatic carboxylic acids is 1. The number of hydrogen-bond donors (Lipinski definition) is 2. The highest BCUT2D eigenvalue weighted by Gasteiger charge is 2.35. The topological polar surface area (TPSA) is 78.9 Å². The number of methoxy groups -OCH3 is 1. The van der Waals surface area contributed by atoms with E-state index < -0.39 is 11.4 Å². The number of carboxylic acids is 1. The third-order valence-corrected chi connectivity index (χ3v) is 3.93. The van der Waals surface area contributed by atoms with Gasteiger partial charge in [-0.2, -0.15) is 0 Å². The highest BCUT2D eigenvalue weighted by atomic mass is 16.5. The van der Waals surface area contributed by atoms with E-state index in [1.54, 1.807) is 12.0 Å². The van der Waals surface area contributed by atoms with Gasteiger partial charge in [0.25, 0.3) is 0 Å². The van der Waals surface area contributed by atoms with Gasteiger partial charge < -0.3 is 20.1 Å². The van der Waals surface area contributed by atoms with Gasteiger partial charge in [0.15, 0.2) is 0 Å². The van der Waals surface area contributed by atoms with Crippen molar-refractivity contribution in [1.82, 2.24) is 10.2 Å². The first-order chi connectivity index (χ1) is 9.38. The number of carbonyl (C=O) groups is 2. The van der Waals surface area contributed by atoms with E-state index in [0.717, 1.165) is 0 Å². The summed E-state index contributed by atoms with van der Waals surface area (Å²) in [5, 5.41) is 12.1. The lowest BCUT2D eigenvalue weighted by atomic mass is 9.82. The average molecular weight is 288 g/mol. The van der Waals surface area contributed by atoms with Crippen LogP contribution in [0.1, 0.15) is 40.5 Å². The van der Waals surface area contributed by atoms with E-state index in [1.807, 2.05) is 27.7 Å². The molecule has 6 heteroatoms. The van der Waals surface area contributed by atoms with Gasteiger partial charge in [0.05, 0.1) is 18.1 Å². The third kappa shape index (κ3) is 4.67. The smallest absolute Gasteiger partial charge is 0.317 e. The molecule has 0 fully saturated rings. The van der Waals surface area contributed by atoms with E-state index >= 15 is 0 Å². The Morgan fingerprint density at radius 2 is 1.85 bits per heavy atom. The van der Waals surface area contributed by atoms with Crippen LogP contribution in [0.2, 0.25) is 0 Å². The van der Waals surface area contributed by atoms with Crippen LogP contribution in [0.25, 0.3) is 0 Å². The van der Waals surface area contributed by atoms with Gasteiger partial charge in [-0.3, -0.25) is 4.79 Å². The van der Waals surface area contributed by atoms with Gasteiger partial charge in [0.1, 0.15) is 0 Å². The molecule has 20 heavy (non-hydrogen) atoms. The molecule has 0 aromatic heterocycles. The Morgan fingerprint density at radius 1 is 1.30 bits per heavy atom. The molecule has 0 heterocycles. The molecule has 118 valence electrons. The standard InChI is InChI=1S/C14H28N2O4/c1-6-14(7-2,12(17)18)10-15-13(19)16(8-3)11(4)9-20-5/h11H,6-10H2,1-5H3,(H,15,19)(H,17,18). The molecule has 0 aromatic rings. The minimum atomic E-state index is -0.889. The Morgan fingerprint density at radius 3 is 2.20 bits per heavy atom. The van der Waals surface area contributed by atoms with Crippen LogP contribution in [-0.4, -0.2) is 54.9 Å². The molecule has 0 aliphatic heterocycles. The zero-order chi connectivity index (χ0) is 15.8. The summed E-state index contributed by atoms with van der Waals surface area (Å²) < 4.78 is 5.05. The maximum Gasteiger partial charge on any atom is 0.317 e. The summed E-state index contributed by atoms with van der Waals surface area (Å²) in [6.45, 7) is 8.59. The maximum absolute atomic E-state index is 12.2. The Labute approximate surface area is 121 Å². The van der Waals surface area contributed by atoms with E-state index in [-0.39, 0.29) is 18.6 Å². The fourth-order valence-electron chi connectivity index (χ4n) is 2.21. The van der Waals surface area contributed by atoms with E-state index in [1.165, 1.54) is 0 Å². The van der Waals surface area contributed by atoms with Crippen molar-refractivity contribution in [3.8, 4) is 0 Å². The molecule has 0 rings (SSSR count). The number of nitrogens with zero attached hydrogens (tertiary/aromatic N) is 1. The summed E-state index contributed by atoms with van der Waals surface area (Å²) in [6.07, 6.45) is 0.970. The van der Waals surface area contributed by atoms with Crippen LogP contribution in [0.15, 0.2) is 0 Å². The molecule has 0 aliphatic rings. The number of hydrogen-bond acceptors (Lipinski definition) is 3. The van der Waals surface area contributed by atoms with Crippen LogP contribution >= 0.6 is 0 Å². The van der Waals surface area contributed by atoms with Crippen molar-refractivity contribution in [1.29, 1.82) is 0 Å². The predicted molar refractivity (Wildman–Crippen MR) is 77.8 cm³/mol. The lowest BCUT2D eigenvalue weighted by Crippen LogP contribution is -2.50. The van der Waals surface area contributed by atoms with Gasteiger partial charge in [-0.05, 0) is 26.7 Å². The fourth-order valence-corrected chi connectivity index (χ4v) is 2.21. The highest BCUT2D eigenvalue weighted by Crippen LogP contribution is 2.25. The summed E-state index contributed by atoms with van der Waals surface area (Å²) >= 11 is 0. The number of carbonyl (C=O) groups excluding carboxylic acids is 1. The molecule has 2 amide bonds. The van der Waals surface area contributed by atoms with Gasteiger partial charge >= 0.3 is 12.0 Å². The Balaban J connectivity index is 4.69. The van der Waals surface area contributed by atoms with Crippen molar-refractivity contribution < 1.29 is 19.4 Å². The van der Waals surface area contributed by atoms with Crippen LogP contribution in [-0.2, 0) is 9.53 Å². The average Bonchev–Trinajstić information content (AvgIpc) is 2.41. The van der Waals surface area contributed by atoms with Crippen molar-refractivity contribution in [2.75, 3.05) is 26.8 Å². The summed E-state index contributed by atoms with van der Waals surface area (Å²) in [6, 6.07) is -0.294. The summed E-state index contributed by atoms with van der Waals surface area (Å²) in [5.41, 5.74) is -0.889. The summed E-state index contributed by atoms with van der Waals surface area (Å²) in [5.74, 6) is -0.865. The van der Waals surface area contributed by atoms with Crippen LogP contribution in [0.3, 0.4) is 0 Å². The summed E-state index contributed by atoms with van der Waals surface area (Å²) in [7, 11) is 1.59. The largest absolute Gasteiger partial charge is 0.481 e. The monoisotopic (exact) mass is 288 g/mol. The Hall–Kier alpha value is -1.30. The van der Waals surface area contributed by atoms with E-state index in [0.29, 0.717) is 26.0 Å². The Kier molecular flexibility index (Phi) is 8.22. The quantitative estimate of drug-likeness (QED) is 0.679. The van der Waals surface area contributed by atoms with Crippen molar-refractivity contribution in [2.45, 2.75) is 46.6 Å². The molecule has 0 saturated heterocycles. The highest BCUT2D eigenvalue weighted by molar-refractivity contribution is 5.78. The van der Waals surface area contributed by atoms with Gasteiger partial charge in [0.2, 0.25) is 0 Å². The molecule has 0 radical (unpaired) electrons. The molecule has 1 unspecified atom stereocenters. The first-order valence-corrected chi connectivity index (χ1v) is 7.15. The lowest BCUT2D eigenvalue weighted by molar-refractivity contribution is -0.149. The van der Waals surface area contributed by atoms with Crippen LogP contribution in [0.4, 0.5) is 4.79 Å². The molecular formula is C14H28N2O4. The van der Waals surface area contributed by atoms with Crippen LogP contribution in [0, 0.1) is 5.41 Å². The zero-order valence-electron chi connectivity index (χ0n) is 13.2. The molecule has 0 aliphatic carbocycles. The molecular weight excluding hydrogens is 260 g/mol. The fraction of sp³-hybridized carbons (Fsp3) is 0.857. The van der Waals surface area contributed by atoms with Gasteiger partial charge in [-0.15, -0.1) is 0 Å². The zero-order valence-corrected chi connectivity index (χ0v) is 13.2. The van der Waals surface area contributed by atoms with Gasteiger partial charge in [-0.25, -0.2) is 4.79 Å². The third-order valence-electron chi connectivity index (χ3n) is 3.93. The minimum absolute atomic E-state index is 0.0486. The number of likely N-dealkylation sites (N-methyl/N-ethyl adjacent to an activating group) is 1. The van der Waals surface area contributed by atoms with E-state index in [9.17, 15) is 14.7 Å². The van der Waals surface area contributed by atoms with Gasteiger partial charge in [0, 0.05) is 20.2 Å². The molecule has 2 N–H and O–H groups in total. The predicted octanol–water partition coefficient (Wildman–Crippen LogP) is 1.94. The first-order valence-electron chi connectivity index (χ1n) is 7.15. The number of carboxylic acid groups (broad SMARTS) is 1. The molecule has 6 nitrogen and oxygen atoms in total. The van der Waals surface area contributed by atoms with Crippen molar-refractivity contribution in [2.24, 2.45) is 5.41 Å². The number of rotatable bonds is 9. The molecule has 0 aromatic carbocycles. The summed E-state index contributed by atoms with van der Waals surface area (Å²) in [4.78, 5) is 25.2. The van der Waals surface area contributed by atoms with Crippen molar-refractivity contribution in [3.63, 3.8) is 0 Å². The molecule has 1 atom stereocenters. The second-order valence-corrected chi connectivity index (χ2v) is 5.04. The van der Waals surface area contributed by atoms with Gasteiger partial charge in [-0.1, -0.05) is 13.8 Å². The van der Waals surface area contributed by atoms with Crippen molar-refractivity contribution >= 4 is 12.0 Å². The second kappa shape index (κ2) is 8.79. The van der Waals surface area contributed by atoms with E-state index in [4.69, 9.17) is 4.74 Å². The number of amides is 2. The second-order valence-electron chi connectivity index (χ2n) is 5.04. The normalized spacial score (nSPS) is 12.8. The SMILES string of the molecule is CCN(C(=O)NCC(CC)(CC)C(=O)O)C(C)COC. The lowest BCUT2D eigenvalue weighted by Gasteiger charge is -2.31. The van der Waals surface area contributed by atoms with E-state index in [2.05, 4.69) is 5.32 Å².